The molecule has 2 rings (SSSR count). The Bertz CT molecular complexity index is 464. The SMILES string of the molecule is CC(Cn1cccn1)Nc1nc(N)nc(Cl)n1. The van der Waals surface area contributed by atoms with Gasteiger partial charge in [0.2, 0.25) is 17.2 Å². The predicted octanol–water partition coefficient (Wildman–Crippen LogP) is 0.804. The first-order valence-corrected chi connectivity index (χ1v) is 5.42. The minimum absolute atomic E-state index is 0.0753. The molecule has 0 saturated heterocycles. The van der Waals surface area contributed by atoms with Gasteiger partial charge in [0.25, 0.3) is 0 Å². The Balaban J connectivity index is 2.00. The first-order valence-electron chi connectivity index (χ1n) is 5.04. The average Bonchev–Trinajstić information content (AvgIpc) is 2.67. The van der Waals surface area contributed by atoms with Crippen molar-refractivity contribution in [2.45, 2.75) is 19.5 Å². The van der Waals surface area contributed by atoms with Crippen LogP contribution in [-0.4, -0.2) is 30.8 Å². The molecule has 1 atom stereocenters. The highest BCUT2D eigenvalue weighted by atomic mass is 35.5. The predicted molar refractivity (Wildman–Crippen MR) is 64.6 cm³/mol. The Labute approximate surface area is 103 Å². The van der Waals surface area contributed by atoms with Gasteiger partial charge in [-0.25, -0.2) is 0 Å². The van der Waals surface area contributed by atoms with Crippen molar-refractivity contribution in [3.8, 4) is 0 Å². The number of nitrogens with one attached hydrogen (secondary N) is 1. The number of rotatable bonds is 4. The second-order valence-corrected chi connectivity index (χ2v) is 3.90. The van der Waals surface area contributed by atoms with Crippen LogP contribution in [0.15, 0.2) is 18.5 Å². The molecule has 90 valence electrons. The smallest absolute Gasteiger partial charge is 0.229 e. The topological polar surface area (TPSA) is 94.5 Å². The molecule has 0 spiro atoms. The summed E-state index contributed by atoms with van der Waals surface area (Å²) in [5.41, 5.74) is 5.47. The highest BCUT2D eigenvalue weighted by molar-refractivity contribution is 6.28. The van der Waals surface area contributed by atoms with Gasteiger partial charge in [0.1, 0.15) is 0 Å². The van der Waals surface area contributed by atoms with Crippen molar-refractivity contribution >= 4 is 23.5 Å². The maximum Gasteiger partial charge on any atom is 0.229 e. The molecule has 0 amide bonds. The summed E-state index contributed by atoms with van der Waals surface area (Å²) in [6.07, 6.45) is 3.61. The molecule has 0 saturated carbocycles. The molecular weight excluding hydrogens is 242 g/mol. The number of nitrogen functional groups attached to an aromatic ring is 1. The van der Waals surface area contributed by atoms with Crippen LogP contribution in [0.5, 0.6) is 0 Å². The maximum absolute atomic E-state index is 5.68. The van der Waals surface area contributed by atoms with E-state index >= 15 is 0 Å². The molecule has 0 aliphatic heterocycles. The molecular formula is C9H12ClN7. The summed E-state index contributed by atoms with van der Waals surface area (Å²) in [6.45, 7) is 2.67. The Morgan fingerprint density at radius 2 is 2.29 bits per heavy atom. The molecule has 0 aliphatic rings. The molecule has 17 heavy (non-hydrogen) atoms. The number of hydrogen-bond acceptors (Lipinski definition) is 6. The van der Waals surface area contributed by atoms with E-state index in [4.69, 9.17) is 17.3 Å². The van der Waals surface area contributed by atoms with Crippen LogP contribution < -0.4 is 11.1 Å². The first-order chi connectivity index (χ1) is 8.13. The lowest BCUT2D eigenvalue weighted by molar-refractivity contribution is 0.558. The van der Waals surface area contributed by atoms with Crippen LogP contribution in [0.1, 0.15) is 6.92 Å². The molecule has 7 nitrogen and oxygen atoms in total. The van der Waals surface area contributed by atoms with Crippen molar-refractivity contribution in [1.82, 2.24) is 24.7 Å². The van der Waals surface area contributed by atoms with Crippen LogP contribution in [-0.2, 0) is 6.54 Å². The van der Waals surface area contributed by atoms with Crippen LogP contribution in [0.25, 0.3) is 0 Å². The van der Waals surface area contributed by atoms with Crippen molar-refractivity contribution in [1.29, 1.82) is 0 Å². The monoisotopic (exact) mass is 253 g/mol. The van der Waals surface area contributed by atoms with Gasteiger partial charge >= 0.3 is 0 Å². The summed E-state index contributed by atoms with van der Waals surface area (Å²) in [5.74, 6) is 0.459. The van der Waals surface area contributed by atoms with Gasteiger partial charge in [0.15, 0.2) is 0 Å². The van der Waals surface area contributed by atoms with Gasteiger partial charge in [-0.1, -0.05) is 0 Å². The fourth-order valence-corrected chi connectivity index (χ4v) is 1.55. The third-order valence-corrected chi connectivity index (χ3v) is 2.19. The molecule has 8 heteroatoms. The Morgan fingerprint density at radius 1 is 1.47 bits per heavy atom. The zero-order valence-electron chi connectivity index (χ0n) is 9.21. The highest BCUT2D eigenvalue weighted by Crippen LogP contribution is 2.08. The van der Waals surface area contributed by atoms with Gasteiger partial charge in [-0.05, 0) is 24.6 Å². The van der Waals surface area contributed by atoms with Gasteiger partial charge in [-0.15, -0.1) is 0 Å². The molecule has 0 aliphatic carbocycles. The zero-order valence-corrected chi connectivity index (χ0v) is 9.96. The van der Waals surface area contributed by atoms with Crippen molar-refractivity contribution in [3.63, 3.8) is 0 Å². The van der Waals surface area contributed by atoms with Crippen molar-refractivity contribution in [2.75, 3.05) is 11.1 Å². The number of hydrogen-bond donors (Lipinski definition) is 2. The lowest BCUT2D eigenvalue weighted by Crippen LogP contribution is -2.23. The number of nitrogens with zero attached hydrogens (tertiary/aromatic N) is 5. The van der Waals surface area contributed by atoms with Gasteiger partial charge < -0.3 is 11.1 Å². The Kier molecular flexibility index (Phi) is 3.38. The second kappa shape index (κ2) is 4.96. The van der Waals surface area contributed by atoms with E-state index in [1.165, 1.54) is 0 Å². The first kappa shape index (κ1) is 11.6. The van der Waals surface area contributed by atoms with Crippen LogP contribution >= 0.6 is 11.6 Å². The summed E-state index contributed by atoms with van der Waals surface area (Å²) < 4.78 is 1.81. The Morgan fingerprint density at radius 3 is 2.94 bits per heavy atom. The van der Waals surface area contributed by atoms with Crippen molar-refractivity contribution < 1.29 is 0 Å². The van der Waals surface area contributed by atoms with Crippen LogP contribution in [0.3, 0.4) is 0 Å². The molecule has 1 unspecified atom stereocenters. The second-order valence-electron chi connectivity index (χ2n) is 3.56. The summed E-state index contributed by atoms with van der Waals surface area (Å²) in [6, 6.07) is 1.96. The summed E-state index contributed by atoms with van der Waals surface area (Å²) in [5, 5.41) is 7.26. The third-order valence-electron chi connectivity index (χ3n) is 2.02. The number of halogens is 1. The molecule has 2 aromatic rings. The molecule has 0 bridgehead atoms. The van der Waals surface area contributed by atoms with E-state index in [9.17, 15) is 0 Å². The van der Waals surface area contributed by atoms with Crippen molar-refractivity contribution in [3.05, 3.63) is 23.7 Å². The number of anilines is 2. The molecule has 2 aromatic heterocycles. The van der Waals surface area contributed by atoms with Gasteiger partial charge in [-0.2, -0.15) is 20.1 Å². The summed E-state index contributed by atoms with van der Waals surface area (Å²) in [4.78, 5) is 11.5. The van der Waals surface area contributed by atoms with Gasteiger partial charge in [0.05, 0.1) is 6.54 Å². The summed E-state index contributed by atoms with van der Waals surface area (Å²) in [7, 11) is 0. The van der Waals surface area contributed by atoms with E-state index < -0.39 is 0 Å². The zero-order chi connectivity index (χ0) is 12.3. The van der Waals surface area contributed by atoms with E-state index in [1.807, 2.05) is 23.9 Å². The average molecular weight is 254 g/mol. The normalized spacial score (nSPS) is 12.4. The molecule has 2 heterocycles. The van der Waals surface area contributed by atoms with E-state index in [0.29, 0.717) is 12.5 Å². The maximum atomic E-state index is 5.68. The van der Waals surface area contributed by atoms with Crippen molar-refractivity contribution in [2.24, 2.45) is 0 Å². The molecule has 0 radical (unpaired) electrons. The van der Waals surface area contributed by atoms with Crippen LogP contribution in [0.4, 0.5) is 11.9 Å². The van der Waals surface area contributed by atoms with Crippen LogP contribution in [0, 0.1) is 0 Å². The van der Waals surface area contributed by atoms with Gasteiger partial charge in [-0.3, -0.25) is 4.68 Å². The largest absolute Gasteiger partial charge is 0.368 e. The van der Waals surface area contributed by atoms with E-state index in [2.05, 4.69) is 25.4 Å². The summed E-state index contributed by atoms with van der Waals surface area (Å²) >= 11 is 5.68. The minimum Gasteiger partial charge on any atom is -0.368 e. The number of nitrogens with two attached hydrogens (primary N) is 1. The quantitative estimate of drug-likeness (QED) is 0.837. The van der Waals surface area contributed by atoms with Crippen LogP contribution in [0.2, 0.25) is 5.28 Å². The van der Waals surface area contributed by atoms with E-state index in [0.717, 1.165) is 0 Å². The highest BCUT2D eigenvalue weighted by Gasteiger charge is 2.07. The fourth-order valence-electron chi connectivity index (χ4n) is 1.39. The fraction of sp³-hybridized carbons (Fsp3) is 0.333. The lowest BCUT2D eigenvalue weighted by atomic mass is 10.3. The Hall–Kier alpha value is -1.89. The minimum atomic E-state index is 0.0753. The third kappa shape index (κ3) is 3.28. The van der Waals surface area contributed by atoms with E-state index in [-0.39, 0.29) is 17.3 Å². The van der Waals surface area contributed by atoms with Gasteiger partial charge in [0, 0.05) is 18.4 Å². The standard InChI is InChI=1S/C9H12ClN7/c1-6(5-17-4-2-3-12-17)13-9-15-7(10)14-8(11)16-9/h2-4,6H,5H2,1H3,(H3,11,13,14,15,16). The molecule has 0 fully saturated rings. The van der Waals surface area contributed by atoms with E-state index in [1.54, 1.807) is 6.20 Å². The number of aromatic nitrogens is 5. The molecule has 0 aromatic carbocycles. The lowest BCUT2D eigenvalue weighted by Gasteiger charge is -2.13. The molecule has 3 N–H and O–H groups in total.